The minimum Gasteiger partial charge on any atom is -0.506 e. The Morgan fingerprint density at radius 2 is 1.51 bits per heavy atom. The zero-order valence-corrected chi connectivity index (χ0v) is 35.2. The zero-order valence-electron chi connectivity index (χ0n) is 35.2. The number of ether oxygens (including phenoxy) is 1. The lowest BCUT2D eigenvalue weighted by Gasteiger charge is -2.33. The molecule has 5 aromatic carbocycles. The first-order valence-corrected chi connectivity index (χ1v) is 21.5. The highest BCUT2D eigenvalue weighted by Gasteiger charge is 2.42. The molecule has 2 heterocycles. The van der Waals surface area contributed by atoms with E-state index >= 15 is 0 Å². The third kappa shape index (κ3) is 11.3. The molecule has 1 aliphatic rings. The van der Waals surface area contributed by atoms with Gasteiger partial charge in [-0.15, -0.1) is 0 Å². The van der Waals surface area contributed by atoms with E-state index in [0.717, 1.165) is 38.0 Å². The van der Waals surface area contributed by atoms with Crippen LogP contribution in [0.15, 0.2) is 138 Å². The third-order valence-corrected chi connectivity index (χ3v) is 11.8. The van der Waals surface area contributed by atoms with Gasteiger partial charge in [-0.25, -0.2) is 4.79 Å². The number of pyridine rings is 1. The number of H-pyrrole nitrogens is 1. The number of Topliss-reactive ketones (excluding diaryl/α,β-unsaturated/α-hetero) is 1. The maximum Gasteiger partial charge on any atom is 0.347 e. The molecule has 12 nitrogen and oxygen atoms in total. The number of phenolic OH excluding ortho intramolecular Hbond substituents is 1. The van der Waals surface area contributed by atoms with Crippen molar-refractivity contribution in [3.63, 3.8) is 0 Å². The van der Waals surface area contributed by atoms with Gasteiger partial charge in [-0.1, -0.05) is 103 Å². The topological polar surface area (TPSA) is 181 Å². The first kappa shape index (κ1) is 44.6. The molecule has 6 aromatic rings. The van der Waals surface area contributed by atoms with Crippen molar-refractivity contribution in [3.05, 3.63) is 183 Å². The van der Waals surface area contributed by atoms with Gasteiger partial charge in [0.25, 0.3) is 5.91 Å². The van der Waals surface area contributed by atoms with E-state index in [9.17, 15) is 34.5 Å². The number of nitrogens with zero attached hydrogens (tertiary/aromatic N) is 1. The Kier molecular flexibility index (Phi) is 14.9. The minimum absolute atomic E-state index is 0.0122. The van der Waals surface area contributed by atoms with E-state index in [1.807, 2.05) is 30.3 Å². The molecule has 1 aliphatic heterocycles. The number of carbonyl (C=O) groups excluding carboxylic acids is 3. The fourth-order valence-corrected chi connectivity index (χ4v) is 8.10. The van der Waals surface area contributed by atoms with Gasteiger partial charge >= 0.3 is 5.97 Å². The summed E-state index contributed by atoms with van der Waals surface area (Å²) in [5.41, 5.74) is 2.01. The first-order valence-electron chi connectivity index (χ1n) is 21.5. The Labute approximate surface area is 366 Å². The lowest BCUT2D eigenvalue weighted by atomic mass is 9.85. The molecule has 2 atom stereocenters. The van der Waals surface area contributed by atoms with Crippen LogP contribution in [-0.2, 0) is 28.2 Å². The van der Waals surface area contributed by atoms with E-state index in [2.05, 4.69) is 32.7 Å². The summed E-state index contributed by atoms with van der Waals surface area (Å²) in [5, 5.41) is 39.8. The van der Waals surface area contributed by atoms with Crippen LogP contribution >= 0.6 is 0 Å². The quantitative estimate of drug-likeness (QED) is 0.0298. The number of benzene rings is 5. The Hall–Kier alpha value is -6.44. The highest BCUT2D eigenvalue weighted by molar-refractivity contribution is 5.96. The number of ketones is 1. The molecule has 12 heteroatoms. The second-order valence-corrected chi connectivity index (χ2v) is 16.2. The number of fused-ring (bicyclic) bond motifs is 1. The van der Waals surface area contributed by atoms with E-state index in [0.29, 0.717) is 54.4 Å². The summed E-state index contributed by atoms with van der Waals surface area (Å²) in [6.45, 7) is 3.87. The number of phenols is 1. The number of amides is 1. The monoisotopic (exact) mass is 850 g/mol. The summed E-state index contributed by atoms with van der Waals surface area (Å²) >= 11 is 0. The number of unbranched alkanes of at least 4 members (excludes halogenated alkanes) is 1. The van der Waals surface area contributed by atoms with Crippen molar-refractivity contribution >= 4 is 28.6 Å². The molecule has 7 rings (SSSR count). The number of hydrogen-bond donors (Lipinski definition) is 6. The van der Waals surface area contributed by atoms with Crippen LogP contribution in [0.5, 0.6) is 5.75 Å². The summed E-state index contributed by atoms with van der Waals surface area (Å²) in [6.07, 6.45) is 2.30. The third-order valence-electron chi connectivity index (χ3n) is 11.8. The average Bonchev–Trinajstić information content (AvgIpc) is 3.31. The molecule has 0 aliphatic carbocycles. The summed E-state index contributed by atoms with van der Waals surface area (Å²) in [5.74, 6) is -1.06. The van der Waals surface area contributed by atoms with E-state index in [1.165, 1.54) is 23.8 Å². The Balaban J connectivity index is 0.853. The lowest BCUT2D eigenvalue weighted by Crippen LogP contribution is -2.41. The molecule has 0 saturated carbocycles. The molecule has 1 aromatic heterocycles. The van der Waals surface area contributed by atoms with Crippen LogP contribution in [0.4, 0.5) is 0 Å². The maximum atomic E-state index is 13.8. The molecule has 63 heavy (non-hydrogen) atoms. The van der Waals surface area contributed by atoms with Gasteiger partial charge in [0, 0.05) is 60.7 Å². The molecule has 326 valence electrons. The highest BCUT2D eigenvalue weighted by atomic mass is 16.5. The summed E-state index contributed by atoms with van der Waals surface area (Å²) < 4.78 is 5.85. The molecule has 0 radical (unpaired) electrons. The molecule has 1 unspecified atom stereocenters. The highest BCUT2D eigenvalue weighted by Crippen LogP contribution is 2.33. The minimum atomic E-state index is -2.13. The van der Waals surface area contributed by atoms with Crippen LogP contribution in [-0.4, -0.2) is 75.6 Å². The zero-order chi connectivity index (χ0) is 44.2. The first-order chi connectivity index (χ1) is 30.6. The number of esters is 1. The number of nitrogens with one attached hydrogen (secondary N) is 3. The van der Waals surface area contributed by atoms with Crippen molar-refractivity contribution in [1.82, 2.24) is 20.5 Å². The van der Waals surface area contributed by atoms with Gasteiger partial charge in [-0.05, 0) is 91.2 Å². The number of carbonyl (C=O) groups is 3. The Bertz CT molecular complexity index is 2540. The van der Waals surface area contributed by atoms with Gasteiger partial charge in [-0.2, -0.15) is 0 Å². The molecule has 1 saturated heterocycles. The van der Waals surface area contributed by atoms with Gasteiger partial charge in [0.15, 0.2) is 5.78 Å². The van der Waals surface area contributed by atoms with Crippen molar-refractivity contribution in [2.45, 2.75) is 56.9 Å². The number of aliphatic hydroxyl groups excluding tert-OH is 1. The number of piperidine rings is 1. The smallest absolute Gasteiger partial charge is 0.347 e. The normalized spacial score (nSPS) is 14.8. The van der Waals surface area contributed by atoms with Gasteiger partial charge in [0.1, 0.15) is 5.75 Å². The van der Waals surface area contributed by atoms with Crippen LogP contribution in [0.2, 0.25) is 0 Å². The van der Waals surface area contributed by atoms with E-state index in [1.54, 1.807) is 72.8 Å². The molecule has 0 bridgehead atoms. The lowest BCUT2D eigenvalue weighted by molar-refractivity contribution is -0.164. The SMILES string of the molecule is O=C(CCCCNC(=O)c1cccc(C(O)(C(=O)OCC2CCN(Cc3ccccc3)CC2)c2ccccc2)c1)c1ccc(CNC[C@H](O)c2ccc(O)c3[nH]c(=O)ccc23)cc1. The number of rotatable bonds is 19. The second-order valence-electron chi connectivity index (χ2n) is 16.2. The van der Waals surface area contributed by atoms with Gasteiger partial charge < -0.3 is 35.7 Å². The largest absolute Gasteiger partial charge is 0.506 e. The molecular weight excluding hydrogens is 797 g/mol. The van der Waals surface area contributed by atoms with Gasteiger partial charge in [-0.3, -0.25) is 19.3 Å². The van der Waals surface area contributed by atoms with E-state index in [-0.39, 0.29) is 58.7 Å². The van der Waals surface area contributed by atoms with Gasteiger partial charge in [0.2, 0.25) is 11.2 Å². The number of likely N-dealkylation sites (tertiary alicyclic amines) is 1. The van der Waals surface area contributed by atoms with Crippen LogP contribution < -0.4 is 16.2 Å². The molecular formula is C51H54N4O8. The number of aromatic hydroxyl groups is 1. The fraction of sp³-hybridized carbons (Fsp3) is 0.294. The predicted molar refractivity (Wildman–Crippen MR) is 241 cm³/mol. The summed E-state index contributed by atoms with van der Waals surface area (Å²) in [6, 6.07) is 38.7. The Morgan fingerprint density at radius 3 is 2.25 bits per heavy atom. The number of aromatic amines is 1. The fourth-order valence-electron chi connectivity index (χ4n) is 8.10. The number of aromatic nitrogens is 1. The van der Waals surface area contributed by atoms with Crippen LogP contribution in [0, 0.1) is 5.92 Å². The number of hydrogen-bond acceptors (Lipinski definition) is 10. The van der Waals surface area contributed by atoms with Crippen molar-refractivity contribution < 1.29 is 34.4 Å². The van der Waals surface area contributed by atoms with Crippen molar-refractivity contribution in [2.75, 3.05) is 32.8 Å². The summed E-state index contributed by atoms with van der Waals surface area (Å²) in [4.78, 5) is 56.8. The van der Waals surface area contributed by atoms with Crippen LogP contribution in [0.3, 0.4) is 0 Å². The van der Waals surface area contributed by atoms with Crippen LogP contribution in [0.1, 0.15) is 86.7 Å². The van der Waals surface area contributed by atoms with Crippen molar-refractivity contribution in [3.8, 4) is 5.75 Å². The maximum absolute atomic E-state index is 13.8. The van der Waals surface area contributed by atoms with Crippen molar-refractivity contribution in [2.24, 2.45) is 5.92 Å². The molecule has 1 amide bonds. The number of aliphatic hydroxyl groups is 2. The van der Waals surface area contributed by atoms with Crippen LogP contribution in [0.25, 0.3) is 10.9 Å². The predicted octanol–water partition coefficient (Wildman–Crippen LogP) is 6.53. The van der Waals surface area contributed by atoms with E-state index in [4.69, 9.17) is 4.74 Å². The van der Waals surface area contributed by atoms with Crippen molar-refractivity contribution in [1.29, 1.82) is 0 Å². The Morgan fingerprint density at radius 1 is 0.794 bits per heavy atom. The molecule has 1 fully saturated rings. The standard InChI is InChI=1S/C51H54N4O8/c56-44(38-19-17-35(18-20-38)31-52-32-46(58)42-21-23-45(57)48-43(42)22-24-47(59)54-48)16-7-8-27-53-49(60)39-12-9-15-41(30-39)51(62,40-13-5-2-6-14-40)50(61)63-34-37-25-28-55(29-26-37)33-36-10-3-1-4-11-36/h1-6,9-15,17-24,30,37,46,52,57-58,62H,7-8,16,25-29,31-34H2,(H,53,60)(H,54,59)/t46-,51?/m0/s1. The second kappa shape index (κ2) is 21.1. The molecule has 6 N–H and O–H groups in total. The van der Waals surface area contributed by atoms with Gasteiger partial charge in [0.05, 0.1) is 18.2 Å². The molecule has 0 spiro atoms. The summed E-state index contributed by atoms with van der Waals surface area (Å²) in [7, 11) is 0. The average molecular weight is 851 g/mol. The van der Waals surface area contributed by atoms with E-state index < -0.39 is 17.7 Å².